The maximum atomic E-state index is 11.2. The summed E-state index contributed by atoms with van der Waals surface area (Å²) in [6, 6.07) is 5.71. The van der Waals surface area contributed by atoms with Crippen LogP contribution in [0.15, 0.2) is 30.4 Å². The van der Waals surface area contributed by atoms with Crippen molar-refractivity contribution < 1.29 is 19.0 Å². The molecule has 108 valence electrons. The van der Waals surface area contributed by atoms with Crippen LogP contribution in [-0.2, 0) is 9.53 Å². The van der Waals surface area contributed by atoms with Crippen molar-refractivity contribution in [2.24, 2.45) is 0 Å². The Balaban J connectivity index is 2.34. The fraction of sp³-hybridized carbons (Fsp3) is 0.438. The molecule has 0 aliphatic heterocycles. The van der Waals surface area contributed by atoms with Gasteiger partial charge in [-0.2, -0.15) is 0 Å². The van der Waals surface area contributed by atoms with Crippen LogP contribution >= 0.6 is 0 Å². The van der Waals surface area contributed by atoms with Crippen LogP contribution in [0.3, 0.4) is 0 Å². The molecule has 0 unspecified atom stereocenters. The van der Waals surface area contributed by atoms with Gasteiger partial charge in [0.25, 0.3) is 0 Å². The maximum absolute atomic E-state index is 11.2. The van der Waals surface area contributed by atoms with E-state index in [1.807, 2.05) is 18.2 Å². The molecule has 4 heteroatoms. The van der Waals surface area contributed by atoms with E-state index in [1.165, 1.54) is 6.92 Å². The second-order valence-corrected chi connectivity index (χ2v) is 4.79. The van der Waals surface area contributed by atoms with Crippen LogP contribution in [0.1, 0.15) is 31.2 Å². The lowest BCUT2D eigenvalue weighted by Crippen LogP contribution is -2.25. The van der Waals surface area contributed by atoms with E-state index in [-0.39, 0.29) is 18.0 Å². The lowest BCUT2D eigenvalue weighted by molar-refractivity contribution is -0.147. The third kappa shape index (κ3) is 3.13. The number of carbonyl (C=O) groups is 1. The molecule has 4 nitrogen and oxygen atoms in total. The number of methoxy groups -OCH3 is 2. The van der Waals surface area contributed by atoms with Gasteiger partial charge in [-0.3, -0.25) is 4.79 Å². The van der Waals surface area contributed by atoms with Crippen molar-refractivity contribution in [3.63, 3.8) is 0 Å². The highest BCUT2D eigenvalue weighted by Gasteiger charge is 2.28. The summed E-state index contributed by atoms with van der Waals surface area (Å²) in [6.07, 6.45) is 5.82. The van der Waals surface area contributed by atoms with Gasteiger partial charge in [0, 0.05) is 24.5 Å². The van der Waals surface area contributed by atoms with Gasteiger partial charge >= 0.3 is 5.97 Å². The lowest BCUT2D eigenvalue weighted by Gasteiger charge is -2.28. The summed E-state index contributed by atoms with van der Waals surface area (Å²) in [7, 11) is 3.25. The minimum atomic E-state index is -0.247. The Bertz CT molecular complexity index is 507. The summed E-state index contributed by atoms with van der Waals surface area (Å²) >= 11 is 0. The van der Waals surface area contributed by atoms with Gasteiger partial charge in [-0.05, 0) is 18.9 Å². The molecular formula is C16H20O4. The Labute approximate surface area is 119 Å². The Morgan fingerprint density at radius 2 is 2.05 bits per heavy atom. The number of allylic oxidation sites excluding steroid dienone is 1. The highest BCUT2D eigenvalue weighted by Crippen LogP contribution is 2.37. The number of carbonyl (C=O) groups excluding carboxylic acids is 1. The van der Waals surface area contributed by atoms with Crippen molar-refractivity contribution in [2.75, 3.05) is 14.2 Å². The minimum Gasteiger partial charge on any atom is -0.497 e. The zero-order valence-electron chi connectivity index (χ0n) is 12.1. The zero-order valence-corrected chi connectivity index (χ0v) is 12.1. The molecule has 0 N–H and O–H groups in total. The number of hydrogen-bond acceptors (Lipinski definition) is 4. The Morgan fingerprint density at radius 1 is 1.25 bits per heavy atom. The summed E-state index contributed by atoms with van der Waals surface area (Å²) < 4.78 is 16.1. The van der Waals surface area contributed by atoms with Crippen molar-refractivity contribution in [1.82, 2.24) is 0 Å². The van der Waals surface area contributed by atoms with E-state index in [4.69, 9.17) is 14.2 Å². The molecule has 20 heavy (non-hydrogen) atoms. The third-order valence-corrected chi connectivity index (χ3v) is 3.48. The first-order valence-electron chi connectivity index (χ1n) is 6.71. The number of ether oxygens (including phenoxy) is 3. The predicted molar refractivity (Wildman–Crippen MR) is 76.2 cm³/mol. The highest BCUT2D eigenvalue weighted by molar-refractivity contribution is 5.66. The second kappa shape index (κ2) is 6.46. The van der Waals surface area contributed by atoms with E-state index >= 15 is 0 Å². The van der Waals surface area contributed by atoms with E-state index in [1.54, 1.807) is 14.2 Å². The topological polar surface area (TPSA) is 44.8 Å². The first-order valence-corrected chi connectivity index (χ1v) is 6.71. The van der Waals surface area contributed by atoms with Crippen molar-refractivity contribution in [3.05, 3.63) is 35.9 Å². The first kappa shape index (κ1) is 14.4. The molecule has 1 aromatic carbocycles. The molecule has 0 saturated carbocycles. The van der Waals surface area contributed by atoms with Crippen LogP contribution in [0, 0.1) is 0 Å². The fourth-order valence-corrected chi connectivity index (χ4v) is 2.55. The van der Waals surface area contributed by atoms with Crippen LogP contribution in [0.4, 0.5) is 0 Å². The molecule has 1 aliphatic rings. The average Bonchev–Trinajstić information content (AvgIpc) is 2.46. The fourth-order valence-electron chi connectivity index (χ4n) is 2.55. The van der Waals surface area contributed by atoms with E-state index in [9.17, 15) is 4.79 Å². The molecule has 0 aromatic heterocycles. The lowest BCUT2D eigenvalue weighted by atomic mass is 9.86. The summed E-state index contributed by atoms with van der Waals surface area (Å²) in [5.41, 5.74) is 1.01. The van der Waals surface area contributed by atoms with Crippen molar-refractivity contribution in [1.29, 1.82) is 0 Å². The predicted octanol–water partition coefficient (Wildman–Crippen LogP) is 3.07. The minimum absolute atomic E-state index is 0.0218. The van der Waals surface area contributed by atoms with Gasteiger partial charge in [0.05, 0.1) is 14.2 Å². The zero-order chi connectivity index (χ0) is 14.5. The molecule has 0 spiro atoms. The number of rotatable bonds is 4. The molecule has 0 radical (unpaired) electrons. The largest absolute Gasteiger partial charge is 0.497 e. The molecule has 0 fully saturated rings. The summed E-state index contributed by atoms with van der Waals surface area (Å²) in [5, 5.41) is 0. The summed E-state index contributed by atoms with van der Waals surface area (Å²) in [6.45, 7) is 1.45. The van der Waals surface area contributed by atoms with Crippen LogP contribution in [0.5, 0.6) is 11.5 Å². The molecule has 0 bridgehead atoms. The Kier molecular flexibility index (Phi) is 4.66. The van der Waals surface area contributed by atoms with Gasteiger partial charge in [0.1, 0.15) is 17.6 Å². The highest BCUT2D eigenvalue weighted by atomic mass is 16.5. The SMILES string of the molecule is COc1ccc([C@H]2C=CCC[C@@H]2OC(C)=O)c(OC)c1. The maximum Gasteiger partial charge on any atom is 0.302 e. The quantitative estimate of drug-likeness (QED) is 0.626. The van der Waals surface area contributed by atoms with Gasteiger partial charge < -0.3 is 14.2 Å². The van der Waals surface area contributed by atoms with E-state index < -0.39 is 0 Å². The molecule has 0 heterocycles. The smallest absolute Gasteiger partial charge is 0.302 e. The van der Waals surface area contributed by atoms with E-state index in [0.29, 0.717) is 0 Å². The summed E-state index contributed by atoms with van der Waals surface area (Å²) in [5.74, 6) is 1.27. The van der Waals surface area contributed by atoms with Crippen molar-refractivity contribution in [3.8, 4) is 11.5 Å². The first-order chi connectivity index (χ1) is 9.65. The van der Waals surface area contributed by atoms with E-state index in [2.05, 4.69) is 12.2 Å². The number of hydrogen-bond donors (Lipinski definition) is 0. The van der Waals surface area contributed by atoms with Crippen molar-refractivity contribution >= 4 is 5.97 Å². The normalized spacial score (nSPS) is 21.4. The molecule has 0 saturated heterocycles. The number of esters is 1. The van der Waals surface area contributed by atoms with Gasteiger partial charge in [0.2, 0.25) is 0 Å². The summed E-state index contributed by atoms with van der Waals surface area (Å²) in [4.78, 5) is 11.2. The van der Waals surface area contributed by atoms with Gasteiger partial charge in [-0.1, -0.05) is 18.2 Å². The average molecular weight is 276 g/mol. The molecule has 1 aromatic rings. The van der Waals surface area contributed by atoms with Crippen LogP contribution in [0.2, 0.25) is 0 Å². The Morgan fingerprint density at radius 3 is 2.70 bits per heavy atom. The molecular weight excluding hydrogens is 256 g/mol. The van der Waals surface area contributed by atoms with Crippen LogP contribution < -0.4 is 9.47 Å². The van der Waals surface area contributed by atoms with Crippen LogP contribution in [0.25, 0.3) is 0 Å². The Hall–Kier alpha value is -1.97. The number of benzene rings is 1. The van der Waals surface area contributed by atoms with Gasteiger partial charge in [-0.15, -0.1) is 0 Å². The second-order valence-electron chi connectivity index (χ2n) is 4.79. The molecule has 0 amide bonds. The van der Waals surface area contributed by atoms with E-state index in [0.717, 1.165) is 29.9 Å². The van der Waals surface area contributed by atoms with Crippen molar-refractivity contribution in [2.45, 2.75) is 31.8 Å². The van der Waals surface area contributed by atoms with Gasteiger partial charge in [0.15, 0.2) is 0 Å². The van der Waals surface area contributed by atoms with Gasteiger partial charge in [-0.25, -0.2) is 0 Å². The standard InChI is InChI=1S/C16H20O4/c1-11(17)20-15-7-5-4-6-13(15)14-9-8-12(18-2)10-16(14)19-3/h4,6,8-10,13,15H,5,7H2,1-3H3/t13-,15+/m1/s1. The molecule has 2 rings (SSSR count). The third-order valence-electron chi connectivity index (χ3n) is 3.48. The monoisotopic (exact) mass is 276 g/mol. The van der Waals surface area contributed by atoms with Crippen LogP contribution in [-0.4, -0.2) is 26.3 Å². The molecule has 2 atom stereocenters. The molecule has 1 aliphatic carbocycles.